The van der Waals surface area contributed by atoms with E-state index in [-0.39, 0.29) is 17.2 Å². The molecule has 31 heavy (non-hydrogen) atoms. The molecular weight excluding hydrogens is 404 g/mol. The highest BCUT2D eigenvalue weighted by atomic mass is 16.6. The van der Waals surface area contributed by atoms with Crippen molar-refractivity contribution in [1.29, 1.82) is 0 Å². The molecule has 9 nitrogen and oxygen atoms in total. The molecular formula is C22H26N2O7. The number of carbonyl (C=O) groups is 3. The van der Waals surface area contributed by atoms with Crippen molar-refractivity contribution in [2.75, 3.05) is 7.11 Å². The van der Waals surface area contributed by atoms with E-state index in [2.05, 4.69) is 10.3 Å². The summed E-state index contributed by atoms with van der Waals surface area (Å²) in [4.78, 5) is 40.4. The second-order valence-corrected chi connectivity index (χ2v) is 6.76. The SMILES string of the molecule is COc1ccnc(C(=O)N[C@@H](C)C(=O)O[C@@H](C)[C@H](C)Oc2ccccc2)c1OC(C)=O. The van der Waals surface area contributed by atoms with Crippen LogP contribution in [0.4, 0.5) is 0 Å². The first-order valence-corrected chi connectivity index (χ1v) is 9.67. The van der Waals surface area contributed by atoms with Crippen LogP contribution in [-0.2, 0) is 14.3 Å². The largest absolute Gasteiger partial charge is 0.493 e. The molecule has 3 atom stereocenters. The van der Waals surface area contributed by atoms with Crippen LogP contribution in [0, 0.1) is 0 Å². The molecule has 0 aliphatic rings. The Bertz CT molecular complexity index is 917. The van der Waals surface area contributed by atoms with E-state index >= 15 is 0 Å². The van der Waals surface area contributed by atoms with Crippen molar-refractivity contribution >= 4 is 17.8 Å². The van der Waals surface area contributed by atoms with Crippen molar-refractivity contribution in [2.45, 2.75) is 45.9 Å². The first-order chi connectivity index (χ1) is 14.7. The Balaban J connectivity index is 2.01. The lowest BCUT2D eigenvalue weighted by Crippen LogP contribution is -2.43. The molecule has 0 spiro atoms. The van der Waals surface area contributed by atoms with Crippen molar-refractivity contribution in [2.24, 2.45) is 0 Å². The quantitative estimate of drug-likeness (QED) is 0.604. The number of rotatable bonds is 9. The molecule has 1 amide bonds. The van der Waals surface area contributed by atoms with Crippen molar-refractivity contribution in [3.63, 3.8) is 0 Å². The molecule has 0 bridgehead atoms. The first-order valence-electron chi connectivity index (χ1n) is 9.67. The molecule has 0 unspecified atom stereocenters. The fourth-order valence-corrected chi connectivity index (χ4v) is 2.51. The molecule has 1 aromatic heterocycles. The number of benzene rings is 1. The summed E-state index contributed by atoms with van der Waals surface area (Å²) < 4.78 is 21.3. The van der Waals surface area contributed by atoms with Crippen LogP contribution in [-0.4, -0.2) is 48.2 Å². The van der Waals surface area contributed by atoms with Gasteiger partial charge in [0.05, 0.1) is 7.11 Å². The summed E-state index contributed by atoms with van der Waals surface area (Å²) in [5.41, 5.74) is -0.192. The Morgan fingerprint density at radius 1 is 1.00 bits per heavy atom. The number of ether oxygens (including phenoxy) is 4. The fraction of sp³-hybridized carbons (Fsp3) is 0.364. The minimum Gasteiger partial charge on any atom is -0.493 e. The van der Waals surface area contributed by atoms with E-state index in [0.717, 1.165) is 0 Å². The molecule has 2 rings (SSSR count). The molecule has 0 saturated heterocycles. The van der Waals surface area contributed by atoms with E-state index in [1.54, 1.807) is 26.0 Å². The van der Waals surface area contributed by atoms with E-state index in [1.807, 2.05) is 18.2 Å². The van der Waals surface area contributed by atoms with E-state index < -0.39 is 36.1 Å². The normalized spacial score (nSPS) is 13.3. The van der Waals surface area contributed by atoms with Gasteiger partial charge in [-0.2, -0.15) is 0 Å². The molecule has 2 aromatic rings. The Morgan fingerprint density at radius 2 is 1.68 bits per heavy atom. The van der Waals surface area contributed by atoms with Gasteiger partial charge in [-0.25, -0.2) is 9.78 Å². The number of para-hydroxylation sites is 1. The summed E-state index contributed by atoms with van der Waals surface area (Å²) in [5, 5.41) is 2.49. The summed E-state index contributed by atoms with van der Waals surface area (Å²) >= 11 is 0. The number of hydrogen-bond acceptors (Lipinski definition) is 8. The highest BCUT2D eigenvalue weighted by molar-refractivity contribution is 5.98. The van der Waals surface area contributed by atoms with Crippen LogP contribution >= 0.6 is 0 Å². The summed E-state index contributed by atoms with van der Waals surface area (Å²) in [6.45, 7) is 6.14. The summed E-state index contributed by atoms with van der Waals surface area (Å²) in [7, 11) is 1.37. The first kappa shape index (κ1) is 23.7. The second kappa shape index (κ2) is 11.0. The number of nitrogens with zero attached hydrogens (tertiary/aromatic N) is 1. The van der Waals surface area contributed by atoms with E-state index in [9.17, 15) is 14.4 Å². The average molecular weight is 430 g/mol. The van der Waals surface area contributed by atoms with Gasteiger partial charge >= 0.3 is 11.9 Å². The number of pyridine rings is 1. The molecule has 0 aliphatic carbocycles. The number of methoxy groups -OCH3 is 1. The van der Waals surface area contributed by atoms with Crippen LogP contribution in [0.3, 0.4) is 0 Å². The Labute approximate surface area is 180 Å². The third kappa shape index (κ3) is 6.70. The van der Waals surface area contributed by atoms with Crippen molar-refractivity contribution in [3.8, 4) is 17.2 Å². The van der Waals surface area contributed by atoms with Gasteiger partial charge in [0.1, 0.15) is 24.0 Å². The van der Waals surface area contributed by atoms with Crippen LogP contribution in [0.5, 0.6) is 17.2 Å². The molecule has 0 radical (unpaired) electrons. The van der Waals surface area contributed by atoms with Gasteiger partial charge in [0.2, 0.25) is 5.75 Å². The molecule has 1 N–H and O–H groups in total. The lowest BCUT2D eigenvalue weighted by Gasteiger charge is -2.23. The monoisotopic (exact) mass is 430 g/mol. The summed E-state index contributed by atoms with van der Waals surface area (Å²) in [5.74, 6) is -1.34. The summed E-state index contributed by atoms with van der Waals surface area (Å²) in [6, 6.07) is 9.61. The Morgan fingerprint density at radius 3 is 2.29 bits per heavy atom. The number of esters is 2. The maximum atomic E-state index is 12.6. The Kier molecular flexibility index (Phi) is 8.36. The molecule has 9 heteroatoms. The standard InChI is InChI=1S/C22H26N2O7/c1-13(22(27)30-15(3)14(2)29-17-9-7-6-8-10-17)24-21(26)19-20(31-16(4)25)18(28-5)11-12-23-19/h6-15H,1-5H3,(H,24,26)/t13-,14-,15-/m0/s1. The minimum atomic E-state index is -0.989. The highest BCUT2D eigenvalue weighted by Gasteiger charge is 2.27. The van der Waals surface area contributed by atoms with Crippen LogP contribution in [0.2, 0.25) is 0 Å². The molecule has 1 heterocycles. The zero-order valence-electron chi connectivity index (χ0n) is 18.1. The van der Waals surface area contributed by atoms with Gasteiger partial charge in [-0.05, 0) is 32.9 Å². The van der Waals surface area contributed by atoms with Crippen LogP contribution in [0.1, 0.15) is 38.2 Å². The molecule has 0 fully saturated rings. The van der Waals surface area contributed by atoms with Crippen LogP contribution in [0.15, 0.2) is 42.6 Å². The zero-order chi connectivity index (χ0) is 23.0. The number of aromatic nitrogens is 1. The Hall–Kier alpha value is -3.62. The summed E-state index contributed by atoms with van der Waals surface area (Å²) in [6.07, 6.45) is 0.345. The predicted octanol–water partition coefficient (Wildman–Crippen LogP) is 2.53. The highest BCUT2D eigenvalue weighted by Crippen LogP contribution is 2.29. The van der Waals surface area contributed by atoms with Crippen molar-refractivity contribution < 1.29 is 33.3 Å². The second-order valence-electron chi connectivity index (χ2n) is 6.76. The third-order valence-electron chi connectivity index (χ3n) is 4.28. The van der Waals surface area contributed by atoms with Gasteiger partial charge in [-0.3, -0.25) is 9.59 Å². The van der Waals surface area contributed by atoms with Gasteiger partial charge in [0, 0.05) is 19.2 Å². The van der Waals surface area contributed by atoms with E-state index in [4.69, 9.17) is 18.9 Å². The van der Waals surface area contributed by atoms with Crippen LogP contribution < -0.4 is 19.5 Å². The maximum Gasteiger partial charge on any atom is 0.328 e. The number of hydrogen-bond donors (Lipinski definition) is 1. The number of amides is 1. The van der Waals surface area contributed by atoms with Gasteiger partial charge in [-0.1, -0.05) is 18.2 Å². The predicted molar refractivity (Wildman–Crippen MR) is 111 cm³/mol. The fourth-order valence-electron chi connectivity index (χ4n) is 2.51. The van der Waals surface area contributed by atoms with Crippen molar-refractivity contribution in [1.82, 2.24) is 10.3 Å². The van der Waals surface area contributed by atoms with Crippen molar-refractivity contribution in [3.05, 3.63) is 48.3 Å². The smallest absolute Gasteiger partial charge is 0.328 e. The lowest BCUT2D eigenvalue weighted by atomic mass is 10.2. The maximum absolute atomic E-state index is 12.6. The molecule has 0 saturated carbocycles. The van der Waals surface area contributed by atoms with Gasteiger partial charge in [0.25, 0.3) is 5.91 Å². The molecule has 1 aromatic carbocycles. The van der Waals surface area contributed by atoms with Gasteiger partial charge in [-0.15, -0.1) is 0 Å². The minimum absolute atomic E-state index is 0.131. The topological polar surface area (TPSA) is 113 Å². The number of nitrogens with one attached hydrogen (secondary N) is 1. The third-order valence-corrected chi connectivity index (χ3v) is 4.28. The number of carbonyl (C=O) groups excluding carboxylic acids is 3. The van der Waals surface area contributed by atoms with Gasteiger partial charge in [0.15, 0.2) is 11.4 Å². The zero-order valence-corrected chi connectivity index (χ0v) is 18.1. The van der Waals surface area contributed by atoms with Gasteiger partial charge < -0.3 is 24.3 Å². The lowest BCUT2D eigenvalue weighted by molar-refractivity contribution is -0.154. The molecule has 0 aliphatic heterocycles. The van der Waals surface area contributed by atoms with E-state index in [1.165, 1.54) is 33.2 Å². The average Bonchev–Trinajstić information content (AvgIpc) is 2.73. The van der Waals surface area contributed by atoms with E-state index in [0.29, 0.717) is 5.75 Å². The van der Waals surface area contributed by atoms with Crippen LogP contribution in [0.25, 0.3) is 0 Å². The molecule has 166 valence electrons.